The van der Waals surface area contributed by atoms with Crippen molar-refractivity contribution in [1.82, 2.24) is 0 Å². The topological polar surface area (TPSA) is 155 Å². The molecule has 0 fully saturated rings. The number of phosphoric acid groups is 1. The van der Waals surface area contributed by atoms with Crippen molar-refractivity contribution in [3.05, 3.63) is 85.1 Å². The normalized spacial score (nSPS) is 14.0. The number of carbonyl (C=O) groups excluding carboxylic acids is 3. The lowest BCUT2D eigenvalue weighted by molar-refractivity contribution is -0.161. The van der Waals surface area contributed by atoms with Gasteiger partial charge in [0.2, 0.25) is 0 Å². The Bertz CT molecular complexity index is 1530. The summed E-state index contributed by atoms with van der Waals surface area (Å²) >= 11 is 0. The quantitative estimate of drug-likeness (QED) is 0.0197. The van der Waals surface area contributed by atoms with Gasteiger partial charge in [-0.2, -0.15) is 0 Å². The summed E-state index contributed by atoms with van der Waals surface area (Å²) in [7, 11) is -4.76. The van der Waals surface area contributed by atoms with Crippen molar-refractivity contribution in [1.29, 1.82) is 0 Å². The van der Waals surface area contributed by atoms with Crippen LogP contribution in [0.5, 0.6) is 0 Å². The van der Waals surface area contributed by atoms with Gasteiger partial charge in [-0.05, 0) is 96.3 Å². The molecular weight excluding hydrogens is 928 g/mol. The molecule has 0 aliphatic carbocycles. The lowest BCUT2D eigenvalue weighted by Crippen LogP contribution is -2.30. The van der Waals surface area contributed by atoms with Crippen LogP contribution >= 0.6 is 7.82 Å². The van der Waals surface area contributed by atoms with Crippen LogP contribution in [0.3, 0.4) is 0 Å². The molecule has 72 heavy (non-hydrogen) atoms. The van der Waals surface area contributed by atoms with Gasteiger partial charge in [0.25, 0.3) is 0 Å². The van der Waals surface area contributed by atoms with E-state index in [1.54, 1.807) is 0 Å². The zero-order valence-electron chi connectivity index (χ0n) is 45.6. The van der Waals surface area contributed by atoms with Crippen molar-refractivity contribution in [3.63, 3.8) is 0 Å². The van der Waals surface area contributed by atoms with Gasteiger partial charge in [0.15, 0.2) is 6.10 Å². The van der Waals surface area contributed by atoms with Crippen molar-refractivity contribution < 1.29 is 52.2 Å². The highest BCUT2D eigenvalue weighted by atomic mass is 31.2. The monoisotopic (exact) mass is 1030 g/mol. The molecule has 414 valence electrons. The second-order valence-electron chi connectivity index (χ2n) is 18.7. The summed E-state index contributed by atoms with van der Waals surface area (Å²) in [6.45, 7) is 4.44. The number of aliphatic hydroxyl groups is 1. The van der Waals surface area contributed by atoms with Crippen LogP contribution in [-0.2, 0) is 42.2 Å². The van der Waals surface area contributed by atoms with Crippen LogP contribution in [0.15, 0.2) is 85.1 Å². The van der Waals surface area contributed by atoms with Gasteiger partial charge < -0.3 is 24.2 Å². The summed E-state index contributed by atoms with van der Waals surface area (Å²) in [6, 6.07) is 0. The molecule has 0 aromatic carbocycles. The van der Waals surface area contributed by atoms with Gasteiger partial charge in [-0.15, -0.1) is 0 Å². The second-order valence-corrected chi connectivity index (χ2v) is 20.2. The van der Waals surface area contributed by atoms with E-state index in [0.717, 1.165) is 116 Å². The average molecular weight is 1030 g/mol. The van der Waals surface area contributed by atoms with Crippen LogP contribution in [0.4, 0.5) is 0 Å². The SMILES string of the molecule is CC/C=C\C/C=C\C/C=C\C/C=C\C/C=C\CCCCCC(=O)OC(COC(=O)CCCCCCC/C=C\C/C=C\CCCCC)COP(=O)(O)OCC(CO)OC(=O)CCCCCCCCCCCCC. The fourth-order valence-corrected chi connectivity index (χ4v) is 8.25. The molecule has 0 heterocycles. The fourth-order valence-electron chi connectivity index (χ4n) is 7.47. The highest BCUT2D eigenvalue weighted by Gasteiger charge is 2.28. The first-order valence-electron chi connectivity index (χ1n) is 28.5. The lowest BCUT2D eigenvalue weighted by atomic mass is 10.1. The van der Waals surface area contributed by atoms with E-state index in [0.29, 0.717) is 19.3 Å². The van der Waals surface area contributed by atoms with E-state index in [-0.39, 0.29) is 25.9 Å². The molecule has 3 unspecified atom stereocenters. The molecule has 0 spiro atoms. The maximum absolute atomic E-state index is 12.9. The zero-order chi connectivity index (χ0) is 52.7. The van der Waals surface area contributed by atoms with E-state index in [4.69, 9.17) is 23.3 Å². The average Bonchev–Trinajstić information content (AvgIpc) is 3.37. The van der Waals surface area contributed by atoms with Crippen LogP contribution in [0.2, 0.25) is 0 Å². The van der Waals surface area contributed by atoms with E-state index in [2.05, 4.69) is 106 Å². The van der Waals surface area contributed by atoms with Gasteiger partial charge in [0, 0.05) is 19.3 Å². The minimum atomic E-state index is -4.76. The molecule has 2 N–H and O–H groups in total. The van der Waals surface area contributed by atoms with Gasteiger partial charge in [0.05, 0.1) is 19.8 Å². The minimum absolute atomic E-state index is 0.123. The Morgan fingerprint density at radius 2 is 0.722 bits per heavy atom. The Labute approximate surface area is 439 Å². The Hall–Kier alpha value is -3.34. The van der Waals surface area contributed by atoms with E-state index < -0.39 is 57.8 Å². The summed E-state index contributed by atoms with van der Waals surface area (Å²) in [6.07, 6.45) is 61.1. The number of rotatable bonds is 52. The molecule has 0 saturated carbocycles. The molecule has 0 aromatic rings. The third-order valence-electron chi connectivity index (χ3n) is 11.8. The Morgan fingerprint density at radius 1 is 0.403 bits per heavy atom. The molecule has 0 saturated heterocycles. The highest BCUT2D eigenvalue weighted by molar-refractivity contribution is 7.47. The predicted molar refractivity (Wildman–Crippen MR) is 298 cm³/mol. The summed E-state index contributed by atoms with van der Waals surface area (Å²) in [5, 5.41) is 9.79. The lowest BCUT2D eigenvalue weighted by Gasteiger charge is -2.21. The molecule has 0 radical (unpaired) electrons. The molecule has 3 atom stereocenters. The molecular formula is C60H103O11P. The third-order valence-corrected chi connectivity index (χ3v) is 12.8. The number of carbonyl (C=O) groups is 3. The second kappa shape index (κ2) is 53.9. The van der Waals surface area contributed by atoms with Crippen LogP contribution < -0.4 is 0 Å². The highest BCUT2D eigenvalue weighted by Crippen LogP contribution is 2.43. The number of esters is 3. The van der Waals surface area contributed by atoms with E-state index in [1.807, 2.05) is 0 Å². The summed E-state index contributed by atoms with van der Waals surface area (Å²) in [5.41, 5.74) is 0. The number of phosphoric ester groups is 1. The van der Waals surface area contributed by atoms with Gasteiger partial charge in [0.1, 0.15) is 12.7 Å². The van der Waals surface area contributed by atoms with Crippen molar-refractivity contribution in [2.75, 3.05) is 26.4 Å². The molecule has 0 aliphatic heterocycles. The Balaban J connectivity index is 4.82. The number of hydrogen-bond acceptors (Lipinski definition) is 10. The van der Waals surface area contributed by atoms with Crippen LogP contribution in [0.1, 0.15) is 239 Å². The molecule has 0 amide bonds. The van der Waals surface area contributed by atoms with E-state index in [9.17, 15) is 28.9 Å². The summed E-state index contributed by atoms with van der Waals surface area (Å²) < 4.78 is 39.4. The molecule has 0 bridgehead atoms. The van der Waals surface area contributed by atoms with Crippen LogP contribution in [0.25, 0.3) is 0 Å². The van der Waals surface area contributed by atoms with Crippen LogP contribution in [-0.4, -0.2) is 66.5 Å². The Morgan fingerprint density at radius 3 is 1.15 bits per heavy atom. The number of hydrogen-bond donors (Lipinski definition) is 2. The standard InChI is InChI=1S/C60H103O11P/c1-4-7-10-13-16-19-22-24-26-27-28-29-31-33-36-39-42-45-48-51-60(64)71-57(53-67-58(62)49-46-43-40-37-35-32-30-25-23-20-17-14-11-8-5-2)55-69-72(65,66)68-54-56(52-61)70-59(63)50-47-44-41-38-34-21-18-15-12-9-6-3/h7,10,16-17,19-20,24-26,28-30,33,36,56-57,61H,4-6,8-9,11-15,18,21-23,27,31-32,34-35,37-55H2,1-3H3,(H,65,66)/b10-7-,19-16-,20-17-,26-24-,29-28-,30-25-,36-33-. The van der Waals surface area contributed by atoms with Gasteiger partial charge in [-0.3, -0.25) is 23.4 Å². The maximum Gasteiger partial charge on any atom is 0.472 e. The molecule has 11 nitrogen and oxygen atoms in total. The first kappa shape index (κ1) is 68.7. The third kappa shape index (κ3) is 51.6. The number of allylic oxidation sites excluding steroid dienone is 14. The number of ether oxygens (including phenoxy) is 3. The Kier molecular flexibility index (Phi) is 51.4. The van der Waals surface area contributed by atoms with E-state index >= 15 is 0 Å². The molecule has 12 heteroatoms. The van der Waals surface area contributed by atoms with Crippen molar-refractivity contribution in [2.24, 2.45) is 0 Å². The summed E-state index contributed by atoms with van der Waals surface area (Å²) in [5.74, 6) is -1.52. The zero-order valence-corrected chi connectivity index (χ0v) is 46.5. The van der Waals surface area contributed by atoms with Gasteiger partial charge in [-0.25, -0.2) is 4.57 Å². The van der Waals surface area contributed by atoms with Crippen molar-refractivity contribution in [3.8, 4) is 0 Å². The fraction of sp³-hybridized carbons (Fsp3) is 0.717. The minimum Gasteiger partial charge on any atom is -0.462 e. The largest absolute Gasteiger partial charge is 0.472 e. The number of unbranched alkanes of at least 4 members (excludes halogenated alkanes) is 21. The van der Waals surface area contributed by atoms with Crippen LogP contribution in [0, 0.1) is 0 Å². The molecule has 0 rings (SSSR count). The molecule has 0 aromatic heterocycles. The van der Waals surface area contributed by atoms with Gasteiger partial charge >= 0.3 is 25.7 Å². The predicted octanol–water partition coefficient (Wildman–Crippen LogP) is 16.7. The summed E-state index contributed by atoms with van der Waals surface area (Å²) in [4.78, 5) is 48.5. The van der Waals surface area contributed by atoms with Crippen molar-refractivity contribution >= 4 is 25.7 Å². The van der Waals surface area contributed by atoms with Gasteiger partial charge in [-0.1, -0.05) is 209 Å². The number of aliphatic hydroxyl groups excluding tert-OH is 1. The van der Waals surface area contributed by atoms with E-state index in [1.165, 1.54) is 64.2 Å². The molecule has 0 aliphatic rings. The first-order chi connectivity index (χ1) is 35.2. The first-order valence-corrected chi connectivity index (χ1v) is 30.0. The maximum atomic E-state index is 12.9. The smallest absolute Gasteiger partial charge is 0.462 e. The van der Waals surface area contributed by atoms with Crippen molar-refractivity contribution in [2.45, 2.75) is 251 Å².